The molecule has 6 heteroatoms. The largest absolute Gasteiger partial charge is 0.550 e. The third kappa shape index (κ3) is 4.08. The van der Waals surface area contributed by atoms with Crippen LogP contribution >= 0.6 is 11.8 Å². The topological polar surface area (TPSA) is 77.5 Å². The number of carboxylic acid groups (broad SMARTS) is 1. The van der Waals surface area contributed by atoms with Gasteiger partial charge in [0, 0.05) is 18.9 Å². The molecule has 0 spiro atoms. The average molecular weight is 316 g/mol. The Morgan fingerprint density at radius 3 is 2.59 bits per heavy atom. The van der Waals surface area contributed by atoms with E-state index in [4.69, 9.17) is 0 Å². The molecule has 0 aliphatic carbocycles. The molecule has 1 fully saturated rings. The number of carbonyl (C=O) groups excluding carboxylic acids is 3. The maximum absolute atomic E-state index is 12.1. The Bertz CT molecular complexity index is 664. The zero-order chi connectivity index (χ0) is 16.1. The number of amides is 2. The highest BCUT2D eigenvalue weighted by Gasteiger charge is 2.34. The normalized spacial score (nSPS) is 17.4. The minimum atomic E-state index is -1.29. The Kier molecular flexibility index (Phi) is 5.16. The van der Waals surface area contributed by atoms with E-state index in [0.29, 0.717) is 4.91 Å². The van der Waals surface area contributed by atoms with Gasteiger partial charge in [0.05, 0.1) is 4.91 Å². The molecule has 0 bridgehead atoms. The van der Waals surface area contributed by atoms with Crippen molar-refractivity contribution in [3.63, 3.8) is 0 Å². The second-order valence-electron chi connectivity index (χ2n) is 4.75. The predicted molar refractivity (Wildman–Crippen MR) is 82.5 cm³/mol. The minimum Gasteiger partial charge on any atom is -0.550 e. The standard InChI is InChI=1S/C16H15NO4S/c1-11(9-12-5-3-2-4-6-12)10-13-15(20)17(16(21)22-13)8-7-14(18)19/h2-6,9-10H,7-8H2,1H3,(H,18,19)/p-1/b11-9+,13-10+. The maximum Gasteiger partial charge on any atom is 0.293 e. The molecule has 0 aromatic heterocycles. The highest BCUT2D eigenvalue weighted by atomic mass is 32.2. The van der Waals surface area contributed by atoms with Gasteiger partial charge in [-0.3, -0.25) is 14.5 Å². The van der Waals surface area contributed by atoms with Crippen LogP contribution in [0.15, 0.2) is 46.9 Å². The van der Waals surface area contributed by atoms with Crippen molar-refractivity contribution >= 4 is 35.0 Å². The molecule has 1 aliphatic rings. The molecule has 1 aromatic carbocycles. The molecular formula is C16H14NO4S-. The first-order chi connectivity index (χ1) is 10.5. The van der Waals surface area contributed by atoms with Crippen molar-refractivity contribution in [1.82, 2.24) is 4.90 Å². The van der Waals surface area contributed by atoms with Crippen LogP contribution < -0.4 is 5.11 Å². The number of hydrogen-bond donors (Lipinski definition) is 0. The summed E-state index contributed by atoms with van der Waals surface area (Å²) in [5.74, 6) is -1.75. The highest BCUT2D eigenvalue weighted by molar-refractivity contribution is 8.18. The minimum absolute atomic E-state index is 0.161. The lowest BCUT2D eigenvalue weighted by Gasteiger charge is -2.12. The third-order valence-electron chi connectivity index (χ3n) is 2.97. The van der Waals surface area contributed by atoms with Crippen molar-refractivity contribution in [2.75, 3.05) is 6.54 Å². The number of aliphatic carboxylic acids is 1. The molecular weight excluding hydrogens is 302 g/mol. The lowest BCUT2D eigenvalue weighted by Crippen LogP contribution is -2.33. The van der Waals surface area contributed by atoms with Gasteiger partial charge in [-0.25, -0.2) is 0 Å². The van der Waals surface area contributed by atoms with Crippen LogP contribution in [0.3, 0.4) is 0 Å². The average Bonchev–Trinajstić information content (AvgIpc) is 2.72. The Labute approximate surface area is 132 Å². The summed E-state index contributed by atoms with van der Waals surface area (Å²) in [7, 11) is 0. The zero-order valence-corrected chi connectivity index (χ0v) is 12.8. The fourth-order valence-corrected chi connectivity index (χ4v) is 2.87. The van der Waals surface area contributed by atoms with Crippen LogP contribution in [0, 0.1) is 0 Å². The summed E-state index contributed by atoms with van der Waals surface area (Å²) in [6.45, 7) is 1.67. The first kappa shape index (κ1) is 16.0. The highest BCUT2D eigenvalue weighted by Crippen LogP contribution is 2.31. The van der Waals surface area contributed by atoms with Crippen molar-refractivity contribution in [2.24, 2.45) is 0 Å². The Morgan fingerprint density at radius 2 is 1.95 bits per heavy atom. The van der Waals surface area contributed by atoms with E-state index >= 15 is 0 Å². The van der Waals surface area contributed by atoms with Crippen LogP contribution in [-0.2, 0) is 9.59 Å². The monoisotopic (exact) mass is 316 g/mol. The molecule has 0 radical (unpaired) electrons. The van der Waals surface area contributed by atoms with E-state index in [-0.39, 0.29) is 13.0 Å². The number of imide groups is 1. The van der Waals surface area contributed by atoms with E-state index in [2.05, 4.69) is 0 Å². The molecule has 2 rings (SSSR count). The fraction of sp³-hybridized carbons (Fsp3) is 0.188. The predicted octanol–water partition coefficient (Wildman–Crippen LogP) is 1.81. The third-order valence-corrected chi connectivity index (χ3v) is 3.87. The van der Waals surface area contributed by atoms with Gasteiger partial charge in [-0.1, -0.05) is 36.4 Å². The lowest BCUT2D eigenvalue weighted by molar-refractivity contribution is -0.305. The summed E-state index contributed by atoms with van der Waals surface area (Å²) in [5, 5.41) is 9.99. The first-order valence-electron chi connectivity index (χ1n) is 6.66. The van der Waals surface area contributed by atoms with Gasteiger partial charge in [-0.05, 0) is 35.9 Å². The zero-order valence-electron chi connectivity index (χ0n) is 11.9. The molecule has 1 aliphatic heterocycles. The van der Waals surface area contributed by atoms with E-state index in [1.54, 1.807) is 6.08 Å². The van der Waals surface area contributed by atoms with E-state index in [1.165, 1.54) is 0 Å². The number of hydrogen-bond acceptors (Lipinski definition) is 5. The van der Waals surface area contributed by atoms with Gasteiger partial charge in [0.1, 0.15) is 0 Å². The van der Waals surface area contributed by atoms with E-state index < -0.39 is 17.1 Å². The first-order valence-corrected chi connectivity index (χ1v) is 7.47. The van der Waals surface area contributed by atoms with Crippen LogP contribution in [0.1, 0.15) is 18.9 Å². The summed E-state index contributed by atoms with van der Waals surface area (Å²) in [4.78, 5) is 35.5. The summed E-state index contributed by atoms with van der Waals surface area (Å²) >= 11 is 0.817. The number of nitrogens with zero attached hydrogens (tertiary/aromatic N) is 1. The van der Waals surface area contributed by atoms with E-state index in [9.17, 15) is 19.5 Å². The quantitative estimate of drug-likeness (QED) is 0.774. The van der Waals surface area contributed by atoms with Crippen molar-refractivity contribution < 1.29 is 19.5 Å². The summed E-state index contributed by atoms with van der Waals surface area (Å²) < 4.78 is 0. The molecule has 0 saturated carbocycles. The number of allylic oxidation sites excluding steroid dienone is 2. The second kappa shape index (κ2) is 7.09. The summed E-state index contributed by atoms with van der Waals surface area (Å²) in [5.41, 5.74) is 1.82. The van der Waals surface area contributed by atoms with Crippen LogP contribution in [0.2, 0.25) is 0 Å². The van der Waals surface area contributed by atoms with Gasteiger partial charge in [0.25, 0.3) is 11.1 Å². The molecule has 1 saturated heterocycles. The maximum atomic E-state index is 12.1. The van der Waals surface area contributed by atoms with Crippen molar-refractivity contribution in [3.8, 4) is 0 Å². The van der Waals surface area contributed by atoms with Gasteiger partial charge in [0.2, 0.25) is 0 Å². The Morgan fingerprint density at radius 1 is 1.27 bits per heavy atom. The van der Waals surface area contributed by atoms with Crippen molar-refractivity contribution in [2.45, 2.75) is 13.3 Å². The van der Waals surface area contributed by atoms with Gasteiger partial charge in [-0.2, -0.15) is 0 Å². The van der Waals surface area contributed by atoms with Crippen LogP contribution in [0.4, 0.5) is 4.79 Å². The fourth-order valence-electron chi connectivity index (χ4n) is 1.96. The van der Waals surface area contributed by atoms with Crippen LogP contribution in [-0.4, -0.2) is 28.6 Å². The molecule has 0 atom stereocenters. The summed E-state index contributed by atoms with van der Waals surface area (Å²) in [6.07, 6.45) is 3.18. The molecule has 114 valence electrons. The number of benzene rings is 1. The van der Waals surface area contributed by atoms with Crippen molar-refractivity contribution in [3.05, 3.63) is 52.4 Å². The number of carboxylic acids is 1. The second-order valence-corrected chi connectivity index (χ2v) is 5.75. The molecule has 0 unspecified atom stereocenters. The number of carbonyl (C=O) groups is 3. The van der Waals surface area contributed by atoms with Crippen LogP contribution in [0.5, 0.6) is 0 Å². The summed E-state index contributed by atoms with van der Waals surface area (Å²) in [6, 6.07) is 9.60. The van der Waals surface area contributed by atoms with E-state index in [0.717, 1.165) is 27.8 Å². The Balaban J connectivity index is 2.12. The molecule has 0 N–H and O–H groups in total. The molecule has 5 nitrogen and oxygen atoms in total. The van der Waals surface area contributed by atoms with E-state index in [1.807, 2.05) is 43.3 Å². The molecule has 2 amide bonds. The SMILES string of the molecule is CC(=C\c1ccccc1)/C=C1/SC(=O)N(CCC(=O)[O-])C1=O. The number of thioether (sulfide) groups is 1. The lowest BCUT2D eigenvalue weighted by atomic mass is 10.1. The van der Waals surface area contributed by atoms with Gasteiger partial charge in [-0.15, -0.1) is 0 Å². The van der Waals surface area contributed by atoms with Crippen LogP contribution in [0.25, 0.3) is 6.08 Å². The van der Waals surface area contributed by atoms with Gasteiger partial charge >= 0.3 is 0 Å². The molecule has 1 heterocycles. The number of rotatable bonds is 5. The molecule has 22 heavy (non-hydrogen) atoms. The Hall–Kier alpha value is -2.34. The smallest absolute Gasteiger partial charge is 0.293 e. The van der Waals surface area contributed by atoms with Gasteiger partial charge in [0.15, 0.2) is 0 Å². The van der Waals surface area contributed by atoms with Gasteiger partial charge < -0.3 is 9.90 Å². The van der Waals surface area contributed by atoms with Crippen molar-refractivity contribution in [1.29, 1.82) is 0 Å². The molecule has 1 aromatic rings.